The van der Waals surface area contributed by atoms with E-state index in [0.717, 1.165) is 34.3 Å². The first kappa shape index (κ1) is 14.5. The molecule has 1 aromatic rings. The summed E-state index contributed by atoms with van der Waals surface area (Å²) in [5.41, 5.74) is 0. The summed E-state index contributed by atoms with van der Waals surface area (Å²) in [6, 6.07) is 1.97. The van der Waals surface area contributed by atoms with E-state index in [-0.39, 0.29) is 6.04 Å². The number of sulfonamides is 1. The fraction of sp³-hybridized carbons (Fsp3) is 0.667. The SMILES string of the molecule is CCCCN(C1CC1)S(=O)(=O)c1cc(Br)sc1C. The molecular formula is C12H18BrNO2S2. The highest BCUT2D eigenvalue weighted by Gasteiger charge is 2.38. The van der Waals surface area contributed by atoms with Crippen LogP contribution < -0.4 is 0 Å². The minimum absolute atomic E-state index is 0.236. The molecular weight excluding hydrogens is 334 g/mol. The zero-order valence-electron chi connectivity index (χ0n) is 10.6. The summed E-state index contributed by atoms with van der Waals surface area (Å²) in [6.45, 7) is 4.60. The highest BCUT2D eigenvalue weighted by molar-refractivity contribution is 9.11. The van der Waals surface area contributed by atoms with Crippen LogP contribution >= 0.6 is 27.3 Å². The normalized spacial score (nSPS) is 16.4. The highest BCUT2D eigenvalue weighted by Crippen LogP contribution is 2.36. The van der Waals surface area contributed by atoms with Gasteiger partial charge in [0.25, 0.3) is 0 Å². The fourth-order valence-corrected chi connectivity index (χ4v) is 6.10. The molecule has 0 aliphatic heterocycles. The molecule has 0 N–H and O–H groups in total. The zero-order chi connectivity index (χ0) is 13.3. The van der Waals surface area contributed by atoms with Gasteiger partial charge < -0.3 is 0 Å². The number of hydrogen-bond donors (Lipinski definition) is 0. The smallest absolute Gasteiger partial charge is 0.207 e. The van der Waals surface area contributed by atoms with Gasteiger partial charge in [0.05, 0.1) is 8.68 Å². The van der Waals surface area contributed by atoms with Crippen molar-refractivity contribution in [3.8, 4) is 0 Å². The molecule has 18 heavy (non-hydrogen) atoms. The molecule has 0 unspecified atom stereocenters. The molecule has 1 aromatic heterocycles. The van der Waals surface area contributed by atoms with Crippen molar-refractivity contribution in [2.24, 2.45) is 0 Å². The van der Waals surface area contributed by atoms with E-state index in [0.29, 0.717) is 11.4 Å². The maximum absolute atomic E-state index is 12.7. The molecule has 1 aliphatic carbocycles. The summed E-state index contributed by atoms with van der Waals surface area (Å²) in [6.07, 6.45) is 3.96. The zero-order valence-corrected chi connectivity index (χ0v) is 13.9. The number of aryl methyl sites for hydroxylation is 1. The number of hydrogen-bond acceptors (Lipinski definition) is 3. The molecule has 0 spiro atoms. The van der Waals surface area contributed by atoms with Crippen LogP contribution in [-0.4, -0.2) is 25.3 Å². The van der Waals surface area contributed by atoms with Gasteiger partial charge in [-0.15, -0.1) is 11.3 Å². The predicted octanol–water partition coefficient (Wildman–Crippen LogP) is 3.77. The Morgan fingerprint density at radius 2 is 2.17 bits per heavy atom. The quantitative estimate of drug-likeness (QED) is 0.782. The van der Waals surface area contributed by atoms with Crippen LogP contribution in [0.5, 0.6) is 0 Å². The maximum Gasteiger partial charge on any atom is 0.244 e. The molecule has 1 aliphatic rings. The van der Waals surface area contributed by atoms with Crippen LogP contribution in [0.4, 0.5) is 0 Å². The lowest BCUT2D eigenvalue weighted by molar-refractivity contribution is 0.395. The summed E-state index contributed by atoms with van der Waals surface area (Å²) in [4.78, 5) is 1.34. The van der Waals surface area contributed by atoms with E-state index < -0.39 is 10.0 Å². The first-order valence-electron chi connectivity index (χ1n) is 6.24. The molecule has 0 aromatic carbocycles. The second-order valence-corrected chi connectivity index (χ2v) is 9.17. The van der Waals surface area contributed by atoms with Crippen LogP contribution in [0.25, 0.3) is 0 Å². The van der Waals surface area contributed by atoms with Crippen LogP contribution in [0.1, 0.15) is 37.5 Å². The number of thiophene rings is 1. The molecule has 1 fully saturated rings. The van der Waals surface area contributed by atoms with Crippen LogP contribution in [-0.2, 0) is 10.0 Å². The third-order valence-corrected chi connectivity index (χ3v) is 6.88. The van der Waals surface area contributed by atoms with Crippen molar-refractivity contribution in [3.05, 3.63) is 14.7 Å². The van der Waals surface area contributed by atoms with E-state index in [1.807, 2.05) is 6.92 Å². The molecule has 0 atom stereocenters. The van der Waals surface area contributed by atoms with Gasteiger partial charge in [0, 0.05) is 17.5 Å². The molecule has 102 valence electrons. The monoisotopic (exact) mass is 351 g/mol. The van der Waals surface area contributed by atoms with Crippen molar-refractivity contribution in [1.29, 1.82) is 0 Å². The van der Waals surface area contributed by atoms with Gasteiger partial charge in [0.2, 0.25) is 10.0 Å². The van der Waals surface area contributed by atoms with Crippen molar-refractivity contribution in [2.45, 2.75) is 50.5 Å². The Kier molecular flexibility index (Phi) is 4.52. The van der Waals surface area contributed by atoms with Gasteiger partial charge in [-0.2, -0.15) is 4.31 Å². The predicted molar refractivity (Wildman–Crippen MR) is 78.6 cm³/mol. The minimum Gasteiger partial charge on any atom is -0.207 e. The molecule has 2 rings (SSSR count). The summed E-state index contributed by atoms with van der Waals surface area (Å²) in [5, 5.41) is 0. The van der Waals surface area contributed by atoms with Gasteiger partial charge >= 0.3 is 0 Å². The largest absolute Gasteiger partial charge is 0.244 e. The van der Waals surface area contributed by atoms with Crippen molar-refractivity contribution >= 4 is 37.3 Å². The number of rotatable bonds is 6. The van der Waals surface area contributed by atoms with Gasteiger partial charge in [-0.1, -0.05) is 13.3 Å². The van der Waals surface area contributed by atoms with Gasteiger partial charge in [0.15, 0.2) is 0 Å². The van der Waals surface area contributed by atoms with E-state index in [4.69, 9.17) is 0 Å². The van der Waals surface area contributed by atoms with Gasteiger partial charge in [-0.3, -0.25) is 0 Å². The van der Waals surface area contributed by atoms with Crippen molar-refractivity contribution in [2.75, 3.05) is 6.54 Å². The van der Waals surface area contributed by atoms with Crippen LogP contribution in [0.3, 0.4) is 0 Å². The second kappa shape index (κ2) is 5.61. The first-order valence-corrected chi connectivity index (χ1v) is 9.29. The van der Waals surface area contributed by atoms with E-state index in [9.17, 15) is 8.42 Å². The van der Waals surface area contributed by atoms with E-state index in [2.05, 4.69) is 22.9 Å². The van der Waals surface area contributed by atoms with Gasteiger partial charge in [0.1, 0.15) is 0 Å². The maximum atomic E-state index is 12.7. The summed E-state index contributed by atoms with van der Waals surface area (Å²) < 4.78 is 27.9. The van der Waals surface area contributed by atoms with Crippen LogP contribution in [0.15, 0.2) is 14.7 Å². The molecule has 0 radical (unpaired) electrons. The van der Waals surface area contributed by atoms with Crippen molar-refractivity contribution < 1.29 is 8.42 Å². The van der Waals surface area contributed by atoms with Gasteiger partial charge in [-0.05, 0) is 48.2 Å². The van der Waals surface area contributed by atoms with E-state index in [1.54, 1.807) is 10.4 Å². The summed E-state index contributed by atoms with van der Waals surface area (Å²) >= 11 is 4.85. The molecule has 0 saturated heterocycles. The molecule has 3 nitrogen and oxygen atoms in total. The van der Waals surface area contributed by atoms with Crippen molar-refractivity contribution in [3.63, 3.8) is 0 Å². The third kappa shape index (κ3) is 2.98. The molecule has 1 saturated carbocycles. The third-order valence-electron chi connectivity index (χ3n) is 3.11. The molecule has 6 heteroatoms. The van der Waals surface area contributed by atoms with E-state index >= 15 is 0 Å². The Balaban J connectivity index is 2.30. The Morgan fingerprint density at radius 1 is 1.50 bits per heavy atom. The topological polar surface area (TPSA) is 37.4 Å². The average Bonchev–Trinajstić information content (AvgIpc) is 3.04. The molecule has 0 amide bonds. The first-order chi connectivity index (χ1) is 8.46. The van der Waals surface area contributed by atoms with Crippen LogP contribution in [0.2, 0.25) is 0 Å². The Bertz CT molecular complexity index is 520. The van der Waals surface area contributed by atoms with Gasteiger partial charge in [-0.25, -0.2) is 8.42 Å². The summed E-state index contributed by atoms with van der Waals surface area (Å²) in [7, 11) is -3.31. The molecule has 1 heterocycles. The van der Waals surface area contributed by atoms with E-state index in [1.165, 1.54) is 11.3 Å². The minimum atomic E-state index is -3.31. The summed E-state index contributed by atoms with van der Waals surface area (Å²) in [5.74, 6) is 0. The Hall–Kier alpha value is 0.0900. The number of unbranched alkanes of at least 4 members (excludes halogenated alkanes) is 1. The highest BCUT2D eigenvalue weighted by atomic mass is 79.9. The average molecular weight is 352 g/mol. The number of halogens is 1. The van der Waals surface area contributed by atoms with Crippen LogP contribution in [0, 0.1) is 6.92 Å². The fourth-order valence-electron chi connectivity index (χ4n) is 1.99. The Labute approximate surface area is 121 Å². The molecule has 0 bridgehead atoms. The van der Waals surface area contributed by atoms with Crippen molar-refractivity contribution in [1.82, 2.24) is 4.31 Å². The lowest BCUT2D eigenvalue weighted by Crippen LogP contribution is -2.34. The lowest BCUT2D eigenvalue weighted by atomic mass is 10.3. The standard InChI is InChI=1S/C12H18BrNO2S2/c1-3-4-7-14(10-5-6-10)18(15,16)11-8-12(13)17-9(11)2/h8,10H,3-7H2,1-2H3. The number of nitrogens with zero attached hydrogens (tertiary/aromatic N) is 1. The Morgan fingerprint density at radius 3 is 2.61 bits per heavy atom. The lowest BCUT2D eigenvalue weighted by Gasteiger charge is -2.21. The second-order valence-electron chi connectivity index (χ2n) is 4.67.